The van der Waals surface area contributed by atoms with E-state index in [1.54, 1.807) is 7.05 Å². The minimum absolute atomic E-state index is 0.00463. The van der Waals surface area contributed by atoms with E-state index in [1.807, 2.05) is 0 Å². The molecular weight excluding hydrogens is 173 g/mol. The van der Waals surface area contributed by atoms with Gasteiger partial charge >= 0.3 is 0 Å². The second-order valence-electron chi connectivity index (χ2n) is 2.66. The summed E-state index contributed by atoms with van der Waals surface area (Å²) < 4.78 is 14.5. The van der Waals surface area contributed by atoms with E-state index in [4.69, 9.17) is 0 Å². The molecular formula is C8H6FN3O. The van der Waals surface area contributed by atoms with Crippen molar-refractivity contribution in [3.63, 3.8) is 0 Å². The van der Waals surface area contributed by atoms with Crippen molar-refractivity contribution >= 4 is 17.3 Å². The normalized spacial score (nSPS) is 10.6. The van der Waals surface area contributed by atoms with E-state index in [9.17, 15) is 9.18 Å². The van der Waals surface area contributed by atoms with Crippen molar-refractivity contribution in [2.24, 2.45) is 7.05 Å². The molecule has 2 rings (SSSR count). The van der Waals surface area contributed by atoms with E-state index in [1.165, 1.54) is 16.8 Å². The summed E-state index contributed by atoms with van der Waals surface area (Å²) in [5, 5.41) is 7.44. The zero-order valence-electron chi connectivity index (χ0n) is 6.86. The molecule has 0 amide bonds. The van der Waals surface area contributed by atoms with Gasteiger partial charge in [-0.05, 0) is 12.1 Å². The number of benzene rings is 1. The third kappa shape index (κ3) is 1.00. The van der Waals surface area contributed by atoms with Gasteiger partial charge < -0.3 is 0 Å². The van der Waals surface area contributed by atoms with Crippen LogP contribution in [0.25, 0.3) is 11.0 Å². The predicted octanol–water partition coefficient (Wildman–Crippen LogP) is 0.920. The fraction of sp³-hybridized carbons (Fsp3) is 0.125. The van der Waals surface area contributed by atoms with Crippen LogP contribution in [-0.2, 0) is 7.05 Å². The van der Waals surface area contributed by atoms with E-state index in [2.05, 4.69) is 10.3 Å². The van der Waals surface area contributed by atoms with Crippen LogP contribution in [-0.4, -0.2) is 21.3 Å². The second-order valence-corrected chi connectivity index (χ2v) is 2.66. The lowest BCUT2D eigenvalue weighted by molar-refractivity contribution is 0.112. The number of carbonyl (C=O) groups excluding carboxylic acids is 1. The molecule has 0 saturated heterocycles. The Kier molecular flexibility index (Phi) is 1.58. The quantitative estimate of drug-likeness (QED) is 0.611. The lowest BCUT2D eigenvalue weighted by atomic mass is 10.2. The Labute approximate surface area is 73.0 Å². The summed E-state index contributed by atoms with van der Waals surface area (Å²) in [7, 11) is 1.61. The summed E-state index contributed by atoms with van der Waals surface area (Å²) in [5.41, 5.74) is 0.950. The minimum atomic E-state index is -0.548. The standard InChI is InChI=1S/C8H6FN3O/c1-12-8-5(4-13)6(9)2-3-7(8)10-11-12/h2-4H,1H3. The van der Waals surface area contributed by atoms with Gasteiger partial charge in [-0.15, -0.1) is 5.10 Å². The van der Waals surface area contributed by atoms with Gasteiger partial charge in [-0.25, -0.2) is 9.07 Å². The summed E-state index contributed by atoms with van der Waals surface area (Å²) in [5.74, 6) is -0.548. The highest BCUT2D eigenvalue weighted by Gasteiger charge is 2.11. The van der Waals surface area contributed by atoms with Crippen molar-refractivity contribution < 1.29 is 9.18 Å². The number of aldehydes is 1. The molecule has 1 aromatic carbocycles. The zero-order valence-corrected chi connectivity index (χ0v) is 6.86. The van der Waals surface area contributed by atoms with E-state index in [0.717, 1.165) is 0 Å². The summed E-state index contributed by atoms with van der Waals surface area (Å²) in [6.45, 7) is 0. The first-order valence-electron chi connectivity index (χ1n) is 3.67. The van der Waals surface area contributed by atoms with Gasteiger partial charge in [0.1, 0.15) is 16.9 Å². The van der Waals surface area contributed by atoms with Crippen LogP contribution in [0.2, 0.25) is 0 Å². The Balaban J connectivity index is 2.96. The van der Waals surface area contributed by atoms with Crippen molar-refractivity contribution in [2.45, 2.75) is 0 Å². The Morgan fingerprint density at radius 2 is 2.31 bits per heavy atom. The maximum atomic E-state index is 13.1. The Morgan fingerprint density at radius 3 is 3.00 bits per heavy atom. The van der Waals surface area contributed by atoms with E-state index >= 15 is 0 Å². The van der Waals surface area contributed by atoms with Crippen LogP contribution in [0.3, 0.4) is 0 Å². The van der Waals surface area contributed by atoms with Crippen LogP contribution in [0.4, 0.5) is 4.39 Å². The molecule has 0 fully saturated rings. The number of halogens is 1. The third-order valence-corrected chi connectivity index (χ3v) is 1.87. The first kappa shape index (κ1) is 7.85. The first-order chi connectivity index (χ1) is 6.24. The summed E-state index contributed by atoms with van der Waals surface area (Å²) in [6, 6.07) is 2.70. The molecule has 0 atom stereocenters. The Morgan fingerprint density at radius 1 is 1.54 bits per heavy atom. The number of aromatic nitrogens is 3. The molecule has 0 saturated carbocycles. The highest BCUT2D eigenvalue weighted by Crippen LogP contribution is 2.16. The molecule has 0 aliphatic heterocycles. The van der Waals surface area contributed by atoms with Gasteiger partial charge in [0.25, 0.3) is 0 Å². The lowest BCUT2D eigenvalue weighted by Crippen LogP contribution is -1.96. The molecule has 0 aliphatic carbocycles. The van der Waals surface area contributed by atoms with Gasteiger partial charge in [0, 0.05) is 7.05 Å². The molecule has 2 aromatic rings. The molecule has 66 valence electrons. The summed E-state index contributed by atoms with van der Waals surface area (Å²) in [6.07, 6.45) is 0.473. The number of hydrogen-bond acceptors (Lipinski definition) is 3. The smallest absolute Gasteiger partial charge is 0.155 e. The molecule has 0 radical (unpaired) electrons. The van der Waals surface area contributed by atoms with Gasteiger partial charge in [0.05, 0.1) is 5.56 Å². The highest BCUT2D eigenvalue weighted by atomic mass is 19.1. The van der Waals surface area contributed by atoms with Crippen LogP contribution in [0.1, 0.15) is 10.4 Å². The van der Waals surface area contributed by atoms with Crippen molar-refractivity contribution in [3.8, 4) is 0 Å². The molecule has 0 N–H and O–H groups in total. The van der Waals surface area contributed by atoms with Gasteiger partial charge in [-0.1, -0.05) is 5.21 Å². The van der Waals surface area contributed by atoms with Crippen LogP contribution >= 0.6 is 0 Å². The number of aryl methyl sites for hydroxylation is 1. The molecule has 5 heteroatoms. The average Bonchev–Trinajstić information content (AvgIpc) is 2.49. The first-order valence-corrected chi connectivity index (χ1v) is 3.67. The fourth-order valence-corrected chi connectivity index (χ4v) is 1.26. The molecule has 13 heavy (non-hydrogen) atoms. The summed E-state index contributed by atoms with van der Waals surface area (Å²) >= 11 is 0. The number of nitrogens with zero attached hydrogens (tertiary/aromatic N) is 3. The van der Waals surface area contributed by atoms with E-state index < -0.39 is 5.82 Å². The van der Waals surface area contributed by atoms with Crippen molar-refractivity contribution in [2.75, 3.05) is 0 Å². The lowest BCUT2D eigenvalue weighted by Gasteiger charge is -1.97. The third-order valence-electron chi connectivity index (χ3n) is 1.87. The van der Waals surface area contributed by atoms with Crippen molar-refractivity contribution in [1.82, 2.24) is 15.0 Å². The molecule has 0 spiro atoms. The van der Waals surface area contributed by atoms with E-state index in [0.29, 0.717) is 17.3 Å². The van der Waals surface area contributed by atoms with Gasteiger partial charge in [0.15, 0.2) is 6.29 Å². The molecule has 1 aromatic heterocycles. The number of carbonyl (C=O) groups is 1. The molecule has 4 nitrogen and oxygen atoms in total. The van der Waals surface area contributed by atoms with Gasteiger partial charge in [-0.3, -0.25) is 4.79 Å². The van der Waals surface area contributed by atoms with Crippen LogP contribution in [0, 0.1) is 5.82 Å². The summed E-state index contributed by atoms with van der Waals surface area (Å²) in [4.78, 5) is 10.6. The largest absolute Gasteiger partial charge is 0.298 e. The topological polar surface area (TPSA) is 47.8 Å². The highest BCUT2D eigenvalue weighted by molar-refractivity contribution is 5.94. The van der Waals surface area contributed by atoms with Crippen molar-refractivity contribution in [1.29, 1.82) is 0 Å². The number of fused-ring (bicyclic) bond motifs is 1. The maximum absolute atomic E-state index is 13.1. The monoisotopic (exact) mass is 179 g/mol. The van der Waals surface area contributed by atoms with E-state index in [-0.39, 0.29) is 5.56 Å². The average molecular weight is 179 g/mol. The van der Waals surface area contributed by atoms with Crippen LogP contribution in [0.5, 0.6) is 0 Å². The molecule has 0 aliphatic rings. The minimum Gasteiger partial charge on any atom is -0.298 e. The van der Waals surface area contributed by atoms with Gasteiger partial charge in [0.2, 0.25) is 0 Å². The number of rotatable bonds is 1. The zero-order chi connectivity index (χ0) is 9.42. The fourth-order valence-electron chi connectivity index (χ4n) is 1.26. The maximum Gasteiger partial charge on any atom is 0.155 e. The van der Waals surface area contributed by atoms with Crippen molar-refractivity contribution in [3.05, 3.63) is 23.5 Å². The Bertz CT molecular complexity index is 477. The SMILES string of the molecule is Cn1nnc2ccc(F)c(C=O)c21. The Hall–Kier alpha value is -1.78. The van der Waals surface area contributed by atoms with Crippen LogP contribution in [0.15, 0.2) is 12.1 Å². The molecule has 0 unspecified atom stereocenters. The predicted molar refractivity (Wildman–Crippen MR) is 43.9 cm³/mol. The van der Waals surface area contributed by atoms with Gasteiger partial charge in [-0.2, -0.15) is 0 Å². The second kappa shape index (κ2) is 2.62. The number of hydrogen-bond donors (Lipinski definition) is 0. The van der Waals surface area contributed by atoms with Crippen LogP contribution < -0.4 is 0 Å². The molecule has 1 heterocycles. The molecule has 0 bridgehead atoms.